The lowest BCUT2D eigenvalue weighted by Crippen LogP contribution is -2.45. The fraction of sp³-hybridized carbons (Fsp3) is 0.357. The number of rotatable bonds is 2. The number of fused-ring (bicyclic) bond motifs is 1. The molecule has 1 aromatic rings. The van der Waals surface area contributed by atoms with E-state index in [-0.39, 0.29) is 24.3 Å². The van der Waals surface area contributed by atoms with Crippen molar-refractivity contribution < 1.29 is 19.1 Å². The first-order chi connectivity index (χ1) is 9.59. The van der Waals surface area contributed by atoms with Gasteiger partial charge in [-0.2, -0.15) is 0 Å². The van der Waals surface area contributed by atoms with Crippen LogP contribution in [0, 0.1) is 0 Å². The summed E-state index contributed by atoms with van der Waals surface area (Å²) in [7, 11) is 0. The fourth-order valence-electron chi connectivity index (χ4n) is 2.49. The Kier molecular flexibility index (Phi) is 3.02. The Morgan fingerprint density at radius 1 is 1.25 bits per heavy atom. The summed E-state index contributed by atoms with van der Waals surface area (Å²) in [6, 6.07) is 5.62. The van der Waals surface area contributed by atoms with E-state index in [1.165, 1.54) is 11.8 Å². The molecule has 3 amide bonds. The molecule has 0 N–H and O–H groups in total. The molecule has 1 unspecified atom stereocenters. The van der Waals surface area contributed by atoms with Crippen LogP contribution in [0.15, 0.2) is 24.3 Å². The van der Waals surface area contributed by atoms with Crippen molar-refractivity contribution in [2.24, 2.45) is 0 Å². The van der Waals surface area contributed by atoms with E-state index in [0.29, 0.717) is 24.4 Å². The molecule has 2 fully saturated rings. The number of Topliss-reactive ketones (excluding diaryl/α,β-unsaturated/α-hetero) is 1. The van der Waals surface area contributed by atoms with Crippen LogP contribution in [0.25, 0.3) is 0 Å². The number of nitrogens with zero attached hydrogens (tertiary/aromatic N) is 2. The zero-order chi connectivity index (χ0) is 14.3. The van der Waals surface area contributed by atoms with Crippen molar-refractivity contribution in [3.63, 3.8) is 0 Å². The largest absolute Gasteiger partial charge is 0.377 e. The highest BCUT2D eigenvalue weighted by molar-refractivity contribution is 6.21. The number of carbonyl (C=O) groups is 3. The first-order valence-corrected chi connectivity index (χ1v) is 6.43. The van der Waals surface area contributed by atoms with Crippen molar-refractivity contribution >= 4 is 23.4 Å². The normalized spacial score (nSPS) is 22.1. The lowest BCUT2D eigenvalue weighted by molar-refractivity contribution is -0.123. The monoisotopic (exact) mass is 274 g/mol. The first-order valence-electron chi connectivity index (χ1n) is 6.43. The molecule has 2 aliphatic heterocycles. The van der Waals surface area contributed by atoms with Crippen LogP contribution in [0.5, 0.6) is 0 Å². The van der Waals surface area contributed by atoms with Gasteiger partial charge < -0.3 is 9.64 Å². The van der Waals surface area contributed by atoms with E-state index in [9.17, 15) is 14.4 Å². The van der Waals surface area contributed by atoms with Crippen LogP contribution in [-0.4, -0.2) is 48.4 Å². The molecular formula is C14H14N2O4. The van der Waals surface area contributed by atoms with Gasteiger partial charge in [-0.05, 0) is 31.2 Å². The summed E-state index contributed by atoms with van der Waals surface area (Å²) in [4.78, 5) is 38.5. The van der Waals surface area contributed by atoms with Gasteiger partial charge in [0.25, 0.3) is 5.91 Å². The quantitative estimate of drug-likeness (QED) is 0.597. The standard InChI is InChI=1S/C14H14N2O4/c1-9(17)10-2-4-11(5-3-10)16-13(18)12-8-20-7-6-15(12)14(16)19/h2-5,12H,6-8H2,1H3. The molecule has 6 nitrogen and oxygen atoms in total. The van der Waals surface area contributed by atoms with Crippen molar-refractivity contribution in [2.45, 2.75) is 13.0 Å². The maximum absolute atomic E-state index is 12.3. The second-order valence-corrected chi connectivity index (χ2v) is 4.84. The number of hydrogen-bond acceptors (Lipinski definition) is 4. The number of urea groups is 1. The highest BCUT2D eigenvalue weighted by Gasteiger charge is 2.47. The van der Waals surface area contributed by atoms with Crippen LogP contribution in [-0.2, 0) is 9.53 Å². The number of ketones is 1. The molecule has 2 saturated heterocycles. The smallest absolute Gasteiger partial charge is 0.332 e. The van der Waals surface area contributed by atoms with Gasteiger partial charge in [-0.25, -0.2) is 9.69 Å². The van der Waals surface area contributed by atoms with Crippen molar-refractivity contribution in [1.29, 1.82) is 0 Å². The molecule has 2 aliphatic rings. The molecular weight excluding hydrogens is 260 g/mol. The van der Waals surface area contributed by atoms with Crippen molar-refractivity contribution in [2.75, 3.05) is 24.7 Å². The Labute approximate surface area is 115 Å². The summed E-state index contributed by atoms with van der Waals surface area (Å²) in [5.41, 5.74) is 1.04. The molecule has 1 aromatic carbocycles. The van der Waals surface area contributed by atoms with Crippen LogP contribution in [0.3, 0.4) is 0 Å². The average Bonchev–Trinajstić information content (AvgIpc) is 2.72. The van der Waals surface area contributed by atoms with Crippen molar-refractivity contribution in [1.82, 2.24) is 4.90 Å². The maximum Gasteiger partial charge on any atom is 0.332 e. The minimum absolute atomic E-state index is 0.0542. The van der Waals surface area contributed by atoms with Crippen molar-refractivity contribution in [3.05, 3.63) is 29.8 Å². The topological polar surface area (TPSA) is 66.9 Å². The van der Waals surface area contributed by atoms with Crippen LogP contribution >= 0.6 is 0 Å². The SMILES string of the molecule is CC(=O)c1ccc(N2C(=O)C3COCCN3C2=O)cc1. The lowest BCUT2D eigenvalue weighted by atomic mass is 10.1. The van der Waals surface area contributed by atoms with E-state index in [4.69, 9.17) is 4.74 Å². The second-order valence-electron chi connectivity index (χ2n) is 4.84. The predicted octanol–water partition coefficient (Wildman–Crippen LogP) is 1.06. The van der Waals surface area contributed by atoms with E-state index < -0.39 is 6.04 Å². The minimum atomic E-state index is -0.524. The Balaban J connectivity index is 1.91. The third-order valence-electron chi connectivity index (χ3n) is 3.60. The summed E-state index contributed by atoms with van der Waals surface area (Å²) in [6.07, 6.45) is 0. The number of amides is 3. The number of morpholine rings is 1. The molecule has 0 saturated carbocycles. The molecule has 3 rings (SSSR count). The molecule has 0 radical (unpaired) electrons. The zero-order valence-electron chi connectivity index (χ0n) is 11.0. The van der Waals surface area contributed by atoms with Crippen LogP contribution in [0.1, 0.15) is 17.3 Å². The first kappa shape index (κ1) is 12.8. The van der Waals surface area contributed by atoms with Gasteiger partial charge in [-0.3, -0.25) is 9.59 Å². The Morgan fingerprint density at radius 2 is 1.95 bits per heavy atom. The number of carbonyl (C=O) groups excluding carboxylic acids is 3. The minimum Gasteiger partial charge on any atom is -0.377 e. The summed E-state index contributed by atoms with van der Waals surface area (Å²) in [5, 5.41) is 0. The average molecular weight is 274 g/mol. The summed E-state index contributed by atoms with van der Waals surface area (Å²) >= 11 is 0. The number of ether oxygens (including phenoxy) is 1. The molecule has 104 valence electrons. The van der Waals surface area contributed by atoms with Gasteiger partial charge in [-0.1, -0.05) is 0 Å². The summed E-state index contributed by atoms with van der Waals surface area (Å²) in [5.74, 6) is -0.327. The highest BCUT2D eigenvalue weighted by atomic mass is 16.5. The Morgan fingerprint density at radius 3 is 2.55 bits per heavy atom. The van der Waals surface area contributed by atoms with Crippen LogP contribution < -0.4 is 4.90 Å². The Hall–Kier alpha value is -2.21. The predicted molar refractivity (Wildman–Crippen MR) is 70.6 cm³/mol. The number of hydrogen-bond donors (Lipinski definition) is 0. The molecule has 6 heteroatoms. The van der Waals surface area contributed by atoms with Gasteiger partial charge in [0.05, 0.1) is 18.9 Å². The second kappa shape index (κ2) is 4.72. The number of anilines is 1. The molecule has 1 atom stereocenters. The number of benzene rings is 1. The van der Waals surface area contributed by atoms with Crippen LogP contribution in [0.2, 0.25) is 0 Å². The maximum atomic E-state index is 12.3. The van der Waals surface area contributed by atoms with E-state index in [2.05, 4.69) is 0 Å². The third kappa shape index (κ3) is 1.89. The zero-order valence-corrected chi connectivity index (χ0v) is 11.0. The van der Waals surface area contributed by atoms with E-state index in [1.54, 1.807) is 24.3 Å². The van der Waals surface area contributed by atoms with Gasteiger partial charge in [0.15, 0.2) is 5.78 Å². The van der Waals surface area contributed by atoms with E-state index >= 15 is 0 Å². The van der Waals surface area contributed by atoms with Gasteiger partial charge in [0.2, 0.25) is 0 Å². The molecule has 0 spiro atoms. The molecule has 0 bridgehead atoms. The fourth-order valence-corrected chi connectivity index (χ4v) is 2.49. The van der Waals surface area contributed by atoms with Gasteiger partial charge in [-0.15, -0.1) is 0 Å². The van der Waals surface area contributed by atoms with E-state index in [0.717, 1.165) is 4.90 Å². The van der Waals surface area contributed by atoms with Crippen molar-refractivity contribution in [3.8, 4) is 0 Å². The van der Waals surface area contributed by atoms with Gasteiger partial charge in [0, 0.05) is 12.1 Å². The third-order valence-corrected chi connectivity index (χ3v) is 3.60. The molecule has 0 aromatic heterocycles. The van der Waals surface area contributed by atoms with E-state index in [1.807, 2.05) is 0 Å². The molecule has 20 heavy (non-hydrogen) atoms. The molecule has 2 heterocycles. The summed E-state index contributed by atoms with van der Waals surface area (Å²) in [6.45, 7) is 2.59. The van der Waals surface area contributed by atoms with Crippen LogP contribution in [0.4, 0.5) is 10.5 Å². The Bertz CT molecular complexity index is 557. The summed E-state index contributed by atoms with van der Waals surface area (Å²) < 4.78 is 5.25. The highest BCUT2D eigenvalue weighted by Crippen LogP contribution is 2.27. The molecule has 0 aliphatic carbocycles. The van der Waals surface area contributed by atoms with Gasteiger partial charge >= 0.3 is 6.03 Å². The van der Waals surface area contributed by atoms with Gasteiger partial charge in [0.1, 0.15) is 6.04 Å². The lowest BCUT2D eigenvalue weighted by Gasteiger charge is -2.26. The number of imide groups is 1.